The average molecular weight is 425 g/mol. The Morgan fingerprint density at radius 3 is 2.68 bits per heavy atom. The minimum absolute atomic E-state index is 0.144. The summed E-state index contributed by atoms with van der Waals surface area (Å²) < 4.78 is 18.9. The van der Waals surface area contributed by atoms with Crippen molar-refractivity contribution in [2.24, 2.45) is 0 Å². The lowest BCUT2D eigenvalue weighted by atomic mass is 9.79. The predicted molar refractivity (Wildman–Crippen MR) is 105 cm³/mol. The summed E-state index contributed by atoms with van der Waals surface area (Å²) >= 11 is 12.0. The topological polar surface area (TPSA) is 68.3 Å². The third-order valence-corrected chi connectivity index (χ3v) is 5.86. The van der Waals surface area contributed by atoms with Crippen molar-refractivity contribution in [3.05, 3.63) is 57.5 Å². The standard InChI is InChI=1S/C20H19Cl2FN2O3/c1-12-15(21)10-24-18(17(12)22)25-16(26)11-28-19(27)20(7-2-3-8-20)13-5-4-6-14(23)9-13/h4-6,9-10H,2-3,7-8,11H2,1H3,(H,24,25,26). The highest BCUT2D eigenvalue weighted by atomic mass is 35.5. The minimum atomic E-state index is -0.921. The molecule has 1 saturated carbocycles. The molecule has 1 heterocycles. The molecule has 1 aliphatic carbocycles. The van der Waals surface area contributed by atoms with Gasteiger partial charge in [-0.3, -0.25) is 9.59 Å². The Labute approximate surface area is 172 Å². The molecule has 8 heteroatoms. The molecule has 0 bridgehead atoms. The second-order valence-electron chi connectivity index (χ2n) is 6.82. The minimum Gasteiger partial charge on any atom is -0.455 e. The van der Waals surface area contributed by atoms with Gasteiger partial charge in [-0.05, 0) is 43.0 Å². The smallest absolute Gasteiger partial charge is 0.317 e. The first-order valence-electron chi connectivity index (χ1n) is 8.87. The Morgan fingerprint density at radius 1 is 1.29 bits per heavy atom. The van der Waals surface area contributed by atoms with Gasteiger partial charge in [0.05, 0.1) is 15.5 Å². The third kappa shape index (κ3) is 4.13. The number of rotatable bonds is 5. The van der Waals surface area contributed by atoms with Gasteiger partial charge in [-0.1, -0.05) is 48.2 Å². The fourth-order valence-electron chi connectivity index (χ4n) is 3.46. The van der Waals surface area contributed by atoms with Crippen LogP contribution in [0.3, 0.4) is 0 Å². The van der Waals surface area contributed by atoms with E-state index < -0.39 is 29.7 Å². The number of nitrogens with zero attached hydrogens (tertiary/aromatic N) is 1. The zero-order valence-corrected chi connectivity index (χ0v) is 16.7. The molecule has 1 amide bonds. The van der Waals surface area contributed by atoms with Crippen molar-refractivity contribution in [1.29, 1.82) is 0 Å². The molecule has 1 fully saturated rings. The number of carbonyl (C=O) groups is 2. The SMILES string of the molecule is Cc1c(Cl)cnc(NC(=O)COC(=O)C2(c3cccc(F)c3)CCCC2)c1Cl. The van der Waals surface area contributed by atoms with Crippen molar-refractivity contribution in [3.63, 3.8) is 0 Å². The molecular formula is C20H19Cl2FN2O3. The fraction of sp³-hybridized carbons (Fsp3) is 0.350. The van der Waals surface area contributed by atoms with Crippen LogP contribution in [-0.4, -0.2) is 23.5 Å². The summed E-state index contributed by atoms with van der Waals surface area (Å²) in [7, 11) is 0. The number of carbonyl (C=O) groups excluding carboxylic acids is 2. The largest absolute Gasteiger partial charge is 0.455 e. The third-order valence-electron chi connectivity index (χ3n) is 5.02. The Hall–Kier alpha value is -2.18. The van der Waals surface area contributed by atoms with Gasteiger partial charge < -0.3 is 10.1 Å². The number of hydrogen-bond donors (Lipinski definition) is 1. The highest BCUT2D eigenvalue weighted by Gasteiger charge is 2.44. The molecule has 1 N–H and O–H groups in total. The summed E-state index contributed by atoms with van der Waals surface area (Å²) in [6.45, 7) is 1.21. The van der Waals surface area contributed by atoms with E-state index in [1.54, 1.807) is 19.1 Å². The lowest BCUT2D eigenvalue weighted by molar-refractivity contribution is -0.153. The molecule has 2 aromatic rings. The predicted octanol–water partition coefficient (Wildman–Crippen LogP) is 4.83. The van der Waals surface area contributed by atoms with Gasteiger partial charge in [0.1, 0.15) is 5.82 Å². The monoisotopic (exact) mass is 424 g/mol. The van der Waals surface area contributed by atoms with Crippen LogP contribution >= 0.6 is 23.2 Å². The highest BCUT2D eigenvalue weighted by Crippen LogP contribution is 2.42. The Balaban J connectivity index is 1.68. The molecule has 0 saturated heterocycles. The van der Waals surface area contributed by atoms with Crippen molar-refractivity contribution in [2.75, 3.05) is 11.9 Å². The normalized spacial score (nSPS) is 15.3. The number of amides is 1. The molecular weight excluding hydrogens is 406 g/mol. The van der Waals surface area contributed by atoms with Crippen LogP contribution in [0.1, 0.15) is 36.8 Å². The molecule has 3 rings (SSSR count). The second kappa shape index (κ2) is 8.45. The maximum Gasteiger partial charge on any atom is 0.317 e. The van der Waals surface area contributed by atoms with Crippen LogP contribution < -0.4 is 5.32 Å². The maximum atomic E-state index is 13.7. The summed E-state index contributed by atoms with van der Waals surface area (Å²) in [5.41, 5.74) is 0.241. The number of benzene rings is 1. The quantitative estimate of drug-likeness (QED) is 0.697. The van der Waals surface area contributed by atoms with Gasteiger partial charge in [-0.2, -0.15) is 0 Å². The summed E-state index contributed by atoms with van der Waals surface area (Å²) in [6.07, 6.45) is 4.16. The molecule has 0 atom stereocenters. The van der Waals surface area contributed by atoms with E-state index in [0.29, 0.717) is 29.0 Å². The number of ether oxygens (including phenoxy) is 1. The van der Waals surface area contributed by atoms with E-state index in [0.717, 1.165) is 12.8 Å². The van der Waals surface area contributed by atoms with Crippen LogP contribution in [0.5, 0.6) is 0 Å². The van der Waals surface area contributed by atoms with Crippen molar-refractivity contribution in [2.45, 2.75) is 38.0 Å². The van der Waals surface area contributed by atoms with Crippen molar-refractivity contribution in [3.8, 4) is 0 Å². The average Bonchev–Trinajstić information content (AvgIpc) is 3.18. The van der Waals surface area contributed by atoms with Gasteiger partial charge in [0.25, 0.3) is 5.91 Å². The molecule has 1 aromatic carbocycles. The zero-order chi connectivity index (χ0) is 20.3. The van der Waals surface area contributed by atoms with Crippen LogP contribution in [0.4, 0.5) is 10.2 Å². The molecule has 1 aliphatic rings. The molecule has 0 aliphatic heterocycles. The lowest BCUT2D eigenvalue weighted by Gasteiger charge is -2.27. The number of anilines is 1. The molecule has 0 spiro atoms. The summed E-state index contributed by atoms with van der Waals surface area (Å²) in [5, 5.41) is 3.11. The molecule has 1 aromatic heterocycles. The van der Waals surface area contributed by atoms with E-state index in [1.165, 1.54) is 18.3 Å². The lowest BCUT2D eigenvalue weighted by Crippen LogP contribution is -2.36. The molecule has 28 heavy (non-hydrogen) atoms. The maximum absolute atomic E-state index is 13.7. The van der Waals surface area contributed by atoms with Gasteiger partial charge in [-0.15, -0.1) is 0 Å². The Morgan fingerprint density at radius 2 is 2.00 bits per heavy atom. The fourth-order valence-corrected chi connectivity index (χ4v) is 3.85. The molecule has 0 radical (unpaired) electrons. The van der Waals surface area contributed by atoms with Crippen molar-refractivity contribution < 1.29 is 18.7 Å². The van der Waals surface area contributed by atoms with Gasteiger partial charge in [0, 0.05) is 6.20 Å². The molecule has 5 nitrogen and oxygen atoms in total. The number of pyridine rings is 1. The van der Waals surface area contributed by atoms with Crippen molar-refractivity contribution in [1.82, 2.24) is 4.98 Å². The highest BCUT2D eigenvalue weighted by molar-refractivity contribution is 6.37. The Kier molecular flexibility index (Phi) is 6.20. The number of esters is 1. The van der Waals surface area contributed by atoms with Gasteiger partial charge >= 0.3 is 5.97 Å². The summed E-state index contributed by atoms with van der Waals surface area (Å²) in [5.74, 6) is -1.37. The molecule has 0 unspecified atom stereocenters. The van der Waals surface area contributed by atoms with E-state index >= 15 is 0 Å². The van der Waals surface area contributed by atoms with Crippen LogP contribution in [0.15, 0.2) is 30.5 Å². The van der Waals surface area contributed by atoms with Gasteiger partial charge in [0.2, 0.25) is 0 Å². The van der Waals surface area contributed by atoms with Crippen LogP contribution in [0.2, 0.25) is 10.0 Å². The first-order chi connectivity index (χ1) is 13.3. The van der Waals surface area contributed by atoms with E-state index in [9.17, 15) is 14.0 Å². The van der Waals surface area contributed by atoms with E-state index in [4.69, 9.17) is 27.9 Å². The van der Waals surface area contributed by atoms with E-state index in [2.05, 4.69) is 10.3 Å². The zero-order valence-electron chi connectivity index (χ0n) is 15.2. The van der Waals surface area contributed by atoms with Gasteiger partial charge in [0.15, 0.2) is 12.4 Å². The summed E-state index contributed by atoms with van der Waals surface area (Å²) in [6, 6.07) is 5.97. The van der Waals surface area contributed by atoms with E-state index in [-0.39, 0.29) is 10.8 Å². The first-order valence-corrected chi connectivity index (χ1v) is 9.63. The number of nitrogens with one attached hydrogen (secondary N) is 1. The van der Waals surface area contributed by atoms with Crippen LogP contribution in [0, 0.1) is 12.7 Å². The number of halogens is 3. The second-order valence-corrected chi connectivity index (χ2v) is 7.60. The van der Waals surface area contributed by atoms with Gasteiger partial charge in [-0.25, -0.2) is 9.37 Å². The van der Waals surface area contributed by atoms with Crippen LogP contribution in [-0.2, 0) is 19.7 Å². The number of hydrogen-bond acceptors (Lipinski definition) is 4. The van der Waals surface area contributed by atoms with Crippen LogP contribution in [0.25, 0.3) is 0 Å². The van der Waals surface area contributed by atoms with E-state index in [1.807, 2.05) is 0 Å². The summed E-state index contributed by atoms with van der Waals surface area (Å²) in [4.78, 5) is 29.0. The van der Waals surface area contributed by atoms with Crippen molar-refractivity contribution >= 4 is 40.9 Å². The number of aromatic nitrogens is 1. The Bertz CT molecular complexity index is 914. The molecule has 148 valence electrons. The first kappa shape index (κ1) is 20.6.